The van der Waals surface area contributed by atoms with Gasteiger partial charge in [-0.2, -0.15) is 0 Å². The highest BCUT2D eigenvalue weighted by atomic mass is 32.1. The molecule has 1 unspecified atom stereocenters. The molecule has 1 heterocycles. The number of thiocarbonyl (C=S) groups is 1. The minimum atomic E-state index is 0.637. The number of allylic oxidation sites excluding steroid dienone is 1. The highest BCUT2D eigenvalue weighted by molar-refractivity contribution is 7.80. The first-order valence-electron chi connectivity index (χ1n) is 5.23. The van der Waals surface area contributed by atoms with Crippen LogP contribution in [0.4, 0.5) is 0 Å². The maximum atomic E-state index is 5.33. The molecule has 1 nitrogen and oxygen atoms in total. The number of rotatable bonds is 4. The van der Waals surface area contributed by atoms with Crippen LogP contribution in [0.15, 0.2) is 12.7 Å². The monoisotopic (exact) mass is 197 g/mol. The fraction of sp³-hybridized carbons (Fsp3) is 0.727. The summed E-state index contributed by atoms with van der Waals surface area (Å²) in [5, 5.41) is 3.33. The smallest absolute Gasteiger partial charge is 0.0784 e. The van der Waals surface area contributed by atoms with Gasteiger partial charge < -0.3 is 5.32 Å². The van der Waals surface area contributed by atoms with E-state index in [-0.39, 0.29) is 0 Å². The van der Waals surface area contributed by atoms with Crippen molar-refractivity contribution in [2.75, 3.05) is 6.54 Å². The third-order valence-electron chi connectivity index (χ3n) is 2.61. The SMILES string of the molecule is C=CCCCC1CCCCNC1=S. The summed E-state index contributed by atoms with van der Waals surface area (Å²) < 4.78 is 0. The van der Waals surface area contributed by atoms with Gasteiger partial charge in [-0.1, -0.05) is 24.7 Å². The Hall–Kier alpha value is -0.370. The summed E-state index contributed by atoms with van der Waals surface area (Å²) in [6, 6.07) is 0. The molecule has 1 fully saturated rings. The predicted octanol–water partition coefficient (Wildman–Crippen LogP) is 3.06. The summed E-state index contributed by atoms with van der Waals surface area (Å²) in [6.07, 6.45) is 9.47. The van der Waals surface area contributed by atoms with Crippen LogP contribution in [-0.2, 0) is 0 Å². The van der Waals surface area contributed by atoms with Crippen LogP contribution in [0.2, 0.25) is 0 Å². The first kappa shape index (κ1) is 10.7. The van der Waals surface area contributed by atoms with Crippen molar-refractivity contribution in [3.05, 3.63) is 12.7 Å². The lowest BCUT2D eigenvalue weighted by molar-refractivity contribution is 0.542. The van der Waals surface area contributed by atoms with E-state index < -0.39 is 0 Å². The molecule has 0 radical (unpaired) electrons. The van der Waals surface area contributed by atoms with E-state index in [4.69, 9.17) is 12.2 Å². The second-order valence-electron chi connectivity index (χ2n) is 3.70. The van der Waals surface area contributed by atoms with E-state index in [2.05, 4.69) is 11.9 Å². The molecule has 0 saturated carbocycles. The van der Waals surface area contributed by atoms with Crippen molar-refractivity contribution >= 4 is 17.2 Å². The van der Waals surface area contributed by atoms with Gasteiger partial charge >= 0.3 is 0 Å². The minimum absolute atomic E-state index is 0.637. The molecule has 0 amide bonds. The molecule has 1 aliphatic rings. The van der Waals surface area contributed by atoms with E-state index in [0.717, 1.165) is 18.0 Å². The molecule has 0 aromatic rings. The average molecular weight is 197 g/mol. The molecule has 13 heavy (non-hydrogen) atoms. The van der Waals surface area contributed by atoms with Crippen molar-refractivity contribution in [3.63, 3.8) is 0 Å². The van der Waals surface area contributed by atoms with Crippen molar-refractivity contribution < 1.29 is 0 Å². The lowest BCUT2D eigenvalue weighted by Gasteiger charge is -2.14. The second-order valence-corrected chi connectivity index (χ2v) is 4.14. The largest absolute Gasteiger partial charge is 0.379 e. The van der Waals surface area contributed by atoms with E-state index in [1.165, 1.54) is 32.1 Å². The Bertz CT molecular complexity index is 177. The van der Waals surface area contributed by atoms with Crippen LogP contribution in [0.1, 0.15) is 38.5 Å². The van der Waals surface area contributed by atoms with Crippen molar-refractivity contribution in [1.82, 2.24) is 5.32 Å². The van der Waals surface area contributed by atoms with E-state index in [1.54, 1.807) is 0 Å². The summed E-state index contributed by atoms with van der Waals surface area (Å²) in [5.74, 6) is 0.637. The van der Waals surface area contributed by atoms with Crippen molar-refractivity contribution in [2.24, 2.45) is 5.92 Å². The Labute approximate surface area is 86.6 Å². The first-order valence-corrected chi connectivity index (χ1v) is 5.64. The maximum absolute atomic E-state index is 5.33. The van der Waals surface area contributed by atoms with E-state index in [0.29, 0.717) is 5.92 Å². The Morgan fingerprint density at radius 1 is 1.54 bits per heavy atom. The summed E-state index contributed by atoms with van der Waals surface area (Å²) >= 11 is 5.33. The molecule has 1 aliphatic heterocycles. The van der Waals surface area contributed by atoms with Gasteiger partial charge in [0.1, 0.15) is 0 Å². The topological polar surface area (TPSA) is 12.0 Å². The second kappa shape index (κ2) is 6.14. The molecule has 2 heteroatoms. The van der Waals surface area contributed by atoms with Crippen LogP contribution in [0.5, 0.6) is 0 Å². The van der Waals surface area contributed by atoms with Gasteiger partial charge in [-0.15, -0.1) is 6.58 Å². The van der Waals surface area contributed by atoms with Crippen LogP contribution < -0.4 is 5.32 Å². The molecular weight excluding hydrogens is 178 g/mol. The number of unbranched alkanes of at least 4 members (excludes halogenated alkanes) is 1. The van der Waals surface area contributed by atoms with Crippen molar-refractivity contribution in [2.45, 2.75) is 38.5 Å². The number of hydrogen-bond donors (Lipinski definition) is 1. The van der Waals surface area contributed by atoms with E-state index in [1.807, 2.05) is 6.08 Å². The number of hydrogen-bond acceptors (Lipinski definition) is 1. The van der Waals surface area contributed by atoms with Gasteiger partial charge in [-0.25, -0.2) is 0 Å². The third kappa shape index (κ3) is 3.90. The van der Waals surface area contributed by atoms with Gasteiger partial charge in [0.25, 0.3) is 0 Å². The van der Waals surface area contributed by atoms with Gasteiger partial charge in [0.05, 0.1) is 4.99 Å². The summed E-state index contributed by atoms with van der Waals surface area (Å²) in [7, 11) is 0. The summed E-state index contributed by atoms with van der Waals surface area (Å²) in [5.41, 5.74) is 0. The van der Waals surface area contributed by atoms with Crippen LogP contribution in [0.3, 0.4) is 0 Å². The quantitative estimate of drug-likeness (QED) is 0.422. The summed E-state index contributed by atoms with van der Waals surface area (Å²) in [4.78, 5) is 1.10. The predicted molar refractivity (Wildman–Crippen MR) is 62.0 cm³/mol. The minimum Gasteiger partial charge on any atom is -0.379 e. The zero-order valence-electron chi connectivity index (χ0n) is 8.22. The van der Waals surface area contributed by atoms with Crippen LogP contribution in [0.25, 0.3) is 0 Å². The van der Waals surface area contributed by atoms with Crippen molar-refractivity contribution in [1.29, 1.82) is 0 Å². The van der Waals surface area contributed by atoms with Gasteiger partial charge in [0.2, 0.25) is 0 Å². The molecule has 1 N–H and O–H groups in total. The molecule has 0 bridgehead atoms. The Morgan fingerprint density at radius 2 is 2.38 bits per heavy atom. The Balaban J connectivity index is 2.27. The average Bonchev–Trinajstić information content (AvgIpc) is 2.32. The van der Waals surface area contributed by atoms with Crippen LogP contribution in [-0.4, -0.2) is 11.5 Å². The molecule has 1 saturated heterocycles. The number of nitrogens with one attached hydrogen (secondary N) is 1. The zero-order valence-corrected chi connectivity index (χ0v) is 9.04. The van der Waals surface area contributed by atoms with Crippen molar-refractivity contribution in [3.8, 4) is 0 Å². The summed E-state index contributed by atoms with van der Waals surface area (Å²) in [6.45, 7) is 4.81. The molecule has 74 valence electrons. The normalized spacial score (nSPS) is 23.4. The zero-order chi connectivity index (χ0) is 9.52. The Morgan fingerprint density at radius 3 is 3.15 bits per heavy atom. The first-order chi connectivity index (χ1) is 6.34. The standard InChI is InChI=1S/C11H19NS/c1-2-3-4-7-10-8-5-6-9-12-11(10)13/h2,10H,1,3-9H2,(H,12,13). The van der Waals surface area contributed by atoms with Gasteiger partial charge in [0.15, 0.2) is 0 Å². The lowest BCUT2D eigenvalue weighted by atomic mass is 9.97. The highest BCUT2D eigenvalue weighted by Crippen LogP contribution is 2.19. The lowest BCUT2D eigenvalue weighted by Crippen LogP contribution is -2.26. The molecule has 0 aromatic carbocycles. The molecule has 1 rings (SSSR count). The molecular formula is C11H19NS. The van der Waals surface area contributed by atoms with Gasteiger partial charge in [0, 0.05) is 12.5 Å². The fourth-order valence-corrected chi connectivity index (χ4v) is 2.12. The highest BCUT2D eigenvalue weighted by Gasteiger charge is 2.15. The Kier molecular flexibility index (Phi) is 5.06. The molecule has 0 spiro atoms. The fourth-order valence-electron chi connectivity index (χ4n) is 1.79. The third-order valence-corrected chi connectivity index (χ3v) is 3.09. The van der Waals surface area contributed by atoms with E-state index in [9.17, 15) is 0 Å². The molecule has 0 aromatic heterocycles. The maximum Gasteiger partial charge on any atom is 0.0784 e. The van der Waals surface area contributed by atoms with Crippen LogP contribution >= 0.6 is 12.2 Å². The van der Waals surface area contributed by atoms with Gasteiger partial charge in [-0.3, -0.25) is 0 Å². The van der Waals surface area contributed by atoms with E-state index >= 15 is 0 Å². The van der Waals surface area contributed by atoms with Crippen LogP contribution in [0, 0.1) is 5.92 Å². The molecule has 0 aliphatic carbocycles. The van der Waals surface area contributed by atoms with Gasteiger partial charge in [-0.05, 0) is 32.1 Å². The molecule has 1 atom stereocenters.